The number of carbonyl (C=O) groups is 4. The first-order valence-corrected chi connectivity index (χ1v) is 17.1. The molecule has 12 nitrogen and oxygen atoms in total. The molecule has 9 rings (SSSR count). The second-order valence-electron chi connectivity index (χ2n) is 12.9. The quantitative estimate of drug-likeness (QED) is 0.158. The zero-order valence-corrected chi connectivity index (χ0v) is 28.6. The summed E-state index contributed by atoms with van der Waals surface area (Å²) in [4.78, 5) is 55.1. The van der Waals surface area contributed by atoms with Crippen molar-refractivity contribution in [3.05, 3.63) is 145 Å². The third kappa shape index (κ3) is 6.26. The predicted molar refractivity (Wildman–Crippen MR) is 199 cm³/mol. The highest BCUT2D eigenvalue weighted by molar-refractivity contribution is 6.28. The van der Waals surface area contributed by atoms with Gasteiger partial charge in [0.15, 0.2) is 13.5 Å². The van der Waals surface area contributed by atoms with Crippen LogP contribution in [0.1, 0.15) is 11.1 Å². The Bertz CT molecular complexity index is 2210. The Kier molecular flexibility index (Phi) is 8.04. The lowest BCUT2D eigenvalue weighted by Gasteiger charge is -2.31. The van der Waals surface area contributed by atoms with E-state index < -0.39 is 0 Å². The van der Waals surface area contributed by atoms with Gasteiger partial charge in [0.25, 0.3) is 23.6 Å². The molecule has 0 spiro atoms. The van der Waals surface area contributed by atoms with Crippen molar-refractivity contribution >= 4 is 46.4 Å². The van der Waals surface area contributed by atoms with Gasteiger partial charge in [0, 0.05) is 66.0 Å². The van der Waals surface area contributed by atoms with Crippen molar-refractivity contribution in [3.63, 3.8) is 0 Å². The lowest BCUT2D eigenvalue weighted by Crippen LogP contribution is -2.33. The zero-order valence-electron chi connectivity index (χ0n) is 28.6. The minimum atomic E-state index is -0.361. The van der Waals surface area contributed by atoms with Gasteiger partial charge in [-0.3, -0.25) is 19.2 Å². The fourth-order valence-corrected chi connectivity index (χ4v) is 6.70. The number of carbonyl (C=O) groups excluding carboxylic acids is 4. The Balaban J connectivity index is 0.818. The van der Waals surface area contributed by atoms with Gasteiger partial charge >= 0.3 is 0 Å². The molecule has 4 amide bonds. The van der Waals surface area contributed by atoms with Gasteiger partial charge in [0.2, 0.25) is 0 Å². The van der Waals surface area contributed by atoms with E-state index in [1.807, 2.05) is 94.7 Å². The number of anilines is 4. The highest BCUT2D eigenvalue weighted by atomic mass is 16.5. The van der Waals surface area contributed by atoms with E-state index in [-0.39, 0.29) is 23.6 Å². The molecule has 0 fully saturated rings. The highest BCUT2D eigenvalue weighted by Crippen LogP contribution is 2.36. The van der Waals surface area contributed by atoms with Gasteiger partial charge in [-0.1, -0.05) is 6.07 Å². The topological polar surface area (TPSA) is 118 Å². The lowest BCUT2D eigenvalue weighted by molar-refractivity contribution is -0.121. The maximum absolute atomic E-state index is 12.2. The molecule has 266 valence electrons. The number of ether oxygens (including phenoxy) is 4. The van der Waals surface area contributed by atoms with Gasteiger partial charge in [-0.15, -0.1) is 0 Å². The van der Waals surface area contributed by atoms with Gasteiger partial charge < -0.3 is 28.7 Å². The van der Waals surface area contributed by atoms with Crippen molar-refractivity contribution in [2.45, 2.75) is 13.1 Å². The SMILES string of the molecule is O=C1C=CC(=O)N1c1ccc2c(c1)CN(c1ccc(Oc3cccc(Oc4ccc(N5COc6ccc(N7C(=O)C=CC7=O)cc6C5)cc4)c3)cc1)CO2. The van der Waals surface area contributed by atoms with Crippen molar-refractivity contribution in [1.82, 2.24) is 0 Å². The number of nitrogens with zero attached hydrogens (tertiary/aromatic N) is 4. The smallest absolute Gasteiger partial charge is 0.258 e. The fourth-order valence-electron chi connectivity index (χ4n) is 6.70. The Morgan fingerprint density at radius 2 is 0.815 bits per heavy atom. The maximum atomic E-state index is 12.2. The van der Waals surface area contributed by atoms with E-state index >= 15 is 0 Å². The van der Waals surface area contributed by atoms with Crippen LogP contribution in [0.2, 0.25) is 0 Å². The van der Waals surface area contributed by atoms with Crippen molar-refractivity contribution in [3.8, 4) is 34.5 Å². The van der Waals surface area contributed by atoms with Crippen LogP contribution in [0.25, 0.3) is 0 Å². The van der Waals surface area contributed by atoms with Crippen molar-refractivity contribution in [2.24, 2.45) is 0 Å². The van der Waals surface area contributed by atoms with E-state index in [0.29, 0.717) is 72.4 Å². The molecule has 12 heteroatoms. The molecule has 0 unspecified atom stereocenters. The van der Waals surface area contributed by atoms with Crippen LogP contribution in [0.4, 0.5) is 22.7 Å². The van der Waals surface area contributed by atoms with Crippen LogP contribution in [0.15, 0.2) is 133 Å². The molecule has 0 aromatic heterocycles. The van der Waals surface area contributed by atoms with Crippen LogP contribution in [0.5, 0.6) is 34.5 Å². The van der Waals surface area contributed by atoms with Gasteiger partial charge in [-0.25, -0.2) is 9.80 Å². The van der Waals surface area contributed by atoms with E-state index in [0.717, 1.165) is 32.3 Å². The second-order valence-corrected chi connectivity index (χ2v) is 12.9. The Morgan fingerprint density at radius 3 is 1.22 bits per heavy atom. The normalized spacial score (nSPS) is 16.0. The molecule has 4 aliphatic heterocycles. The molecule has 54 heavy (non-hydrogen) atoms. The summed E-state index contributed by atoms with van der Waals surface area (Å²) < 4.78 is 24.3. The van der Waals surface area contributed by atoms with Crippen LogP contribution in [0, 0.1) is 0 Å². The molecule has 4 aliphatic rings. The number of imide groups is 2. The first-order chi connectivity index (χ1) is 26.3. The summed E-state index contributed by atoms with van der Waals surface area (Å²) in [6.45, 7) is 1.77. The molecule has 5 aromatic carbocycles. The van der Waals surface area contributed by atoms with Crippen LogP contribution >= 0.6 is 0 Å². The third-order valence-corrected chi connectivity index (χ3v) is 9.38. The molecule has 0 N–H and O–H groups in total. The summed E-state index contributed by atoms with van der Waals surface area (Å²) in [6, 6.07) is 33.3. The van der Waals surface area contributed by atoms with E-state index in [1.54, 1.807) is 24.3 Å². The average molecular weight is 719 g/mol. The highest BCUT2D eigenvalue weighted by Gasteiger charge is 2.29. The summed E-state index contributed by atoms with van der Waals surface area (Å²) in [5.74, 6) is 2.50. The number of fused-ring (bicyclic) bond motifs is 2. The predicted octanol–water partition coefficient (Wildman–Crippen LogP) is 6.84. The van der Waals surface area contributed by atoms with E-state index in [1.165, 1.54) is 24.3 Å². The molecule has 0 saturated carbocycles. The standard InChI is InChI=1S/C42H30N4O8/c47-39-16-17-40(48)45(39)31-8-14-37-27(20-31)23-43(25-51-37)29-4-10-33(11-5-29)53-35-2-1-3-36(22-35)54-34-12-6-30(7-13-34)44-24-28-21-32(9-15-38(28)52-26-44)46-41(49)18-19-42(46)50/h1-22H,23-26H2. The monoisotopic (exact) mass is 718 g/mol. The van der Waals surface area contributed by atoms with Crippen LogP contribution in [-0.4, -0.2) is 37.1 Å². The fraction of sp³-hybridized carbons (Fsp3) is 0.0952. The van der Waals surface area contributed by atoms with Crippen LogP contribution in [-0.2, 0) is 32.3 Å². The van der Waals surface area contributed by atoms with Gasteiger partial charge in [-0.05, 0) is 97.1 Å². The van der Waals surface area contributed by atoms with Crippen molar-refractivity contribution in [1.29, 1.82) is 0 Å². The van der Waals surface area contributed by atoms with E-state index in [4.69, 9.17) is 18.9 Å². The molecule has 5 aromatic rings. The van der Waals surface area contributed by atoms with Crippen LogP contribution < -0.4 is 38.5 Å². The third-order valence-electron chi connectivity index (χ3n) is 9.38. The first kappa shape index (κ1) is 32.6. The van der Waals surface area contributed by atoms with Crippen molar-refractivity contribution < 1.29 is 38.1 Å². The number of amides is 4. The summed E-state index contributed by atoms with van der Waals surface area (Å²) in [6.07, 6.45) is 5.08. The first-order valence-electron chi connectivity index (χ1n) is 17.1. The van der Waals surface area contributed by atoms with Gasteiger partial charge in [-0.2, -0.15) is 0 Å². The minimum absolute atomic E-state index is 0.347. The molecule has 0 aliphatic carbocycles. The Labute approximate surface area is 309 Å². The molecule has 0 radical (unpaired) electrons. The van der Waals surface area contributed by atoms with Gasteiger partial charge in [0.1, 0.15) is 34.5 Å². The minimum Gasteiger partial charge on any atom is -0.473 e. The number of rotatable bonds is 8. The molecule has 4 heterocycles. The Hall–Kier alpha value is -7.34. The molecule has 0 atom stereocenters. The lowest BCUT2D eigenvalue weighted by atomic mass is 10.1. The number of hydrogen-bond acceptors (Lipinski definition) is 10. The number of benzene rings is 5. The molecular formula is C42H30N4O8. The summed E-state index contributed by atoms with van der Waals surface area (Å²) >= 11 is 0. The number of hydrogen-bond donors (Lipinski definition) is 0. The molecule has 0 saturated heterocycles. The molecule has 0 bridgehead atoms. The van der Waals surface area contributed by atoms with Crippen LogP contribution in [0.3, 0.4) is 0 Å². The van der Waals surface area contributed by atoms with Crippen molar-refractivity contribution in [2.75, 3.05) is 33.1 Å². The summed E-state index contributed by atoms with van der Waals surface area (Å²) in [7, 11) is 0. The average Bonchev–Trinajstić information content (AvgIpc) is 3.72. The van der Waals surface area contributed by atoms with E-state index in [2.05, 4.69) is 0 Å². The second kappa shape index (κ2) is 13.3. The van der Waals surface area contributed by atoms with E-state index in [9.17, 15) is 19.2 Å². The zero-order chi connectivity index (χ0) is 36.8. The largest absolute Gasteiger partial charge is 0.473 e. The molecular weight excluding hydrogens is 688 g/mol. The Morgan fingerprint density at radius 1 is 0.426 bits per heavy atom. The maximum Gasteiger partial charge on any atom is 0.258 e. The summed E-state index contributed by atoms with van der Waals surface area (Å²) in [5, 5.41) is 0. The summed E-state index contributed by atoms with van der Waals surface area (Å²) in [5.41, 5.74) is 4.61. The van der Waals surface area contributed by atoms with Gasteiger partial charge in [0.05, 0.1) is 11.4 Å².